The van der Waals surface area contributed by atoms with E-state index in [-0.39, 0.29) is 12.3 Å². The van der Waals surface area contributed by atoms with Crippen molar-refractivity contribution >= 4 is 17.3 Å². The van der Waals surface area contributed by atoms with Gasteiger partial charge in [-0.25, -0.2) is 5.01 Å². The van der Waals surface area contributed by atoms with Gasteiger partial charge in [-0.1, -0.05) is 41.9 Å². The van der Waals surface area contributed by atoms with Crippen LogP contribution < -0.4 is 14.2 Å². The van der Waals surface area contributed by atoms with Gasteiger partial charge in [0.1, 0.15) is 23.9 Å². The van der Waals surface area contributed by atoms with Gasteiger partial charge in [0.05, 0.1) is 18.4 Å². The molecule has 2 unspecified atom stereocenters. The second-order valence-electron chi connectivity index (χ2n) is 9.10. The van der Waals surface area contributed by atoms with Crippen molar-refractivity contribution in [2.75, 3.05) is 6.61 Å². The Morgan fingerprint density at radius 3 is 2.38 bits per heavy atom. The van der Waals surface area contributed by atoms with E-state index in [0.29, 0.717) is 18.2 Å². The van der Waals surface area contributed by atoms with E-state index in [4.69, 9.17) is 30.9 Å². The van der Waals surface area contributed by atoms with Gasteiger partial charge in [0.25, 0.3) is 0 Å². The summed E-state index contributed by atoms with van der Waals surface area (Å²) in [6.07, 6.45) is 0.404. The average Bonchev–Trinajstić information content (AvgIpc) is 3.39. The van der Waals surface area contributed by atoms with E-state index < -0.39 is 0 Å². The van der Waals surface area contributed by atoms with Crippen molar-refractivity contribution in [2.24, 2.45) is 5.10 Å². The van der Waals surface area contributed by atoms with Crippen LogP contribution in [-0.2, 0) is 6.61 Å². The molecule has 0 amide bonds. The zero-order valence-corrected chi connectivity index (χ0v) is 21.3. The van der Waals surface area contributed by atoms with Crippen molar-refractivity contribution in [3.8, 4) is 17.2 Å². The van der Waals surface area contributed by atoms with E-state index in [2.05, 4.69) is 29.3 Å². The van der Waals surface area contributed by atoms with Gasteiger partial charge in [0, 0.05) is 22.6 Å². The van der Waals surface area contributed by atoms with Crippen LogP contribution >= 0.6 is 11.6 Å². The standard InChI is InChI=1S/C31H27ClN2O3/c1-2-35-25-13-8-22(9-14-25)28-19-29-27-18-24(32)12-17-30(27)37-31(34(29)33-28)23-10-15-26(16-11-23)36-20-21-6-4-3-5-7-21/h3-18,29,31H,2,19-20H2,1H3. The Bertz CT molecular complexity index is 1410. The summed E-state index contributed by atoms with van der Waals surface area (Å²) in [4.78, 5) is 0. The van der Waals surface area contributed by atoms with Gasteiger partial charge in [0.2, 0.25) is 6.23 Å². The molecule has 6 heteroatoms. The normalized spacial score (nSPS) is 17.9. The Morgan fingerprint density at radius 2 is 1.62 bits per heavy atom. The van der Waals surface area contributed by atoms with Crippen LogP contribution in [0, 0.1) is 0 Å². The number of rotatable bonds is 7. The molecule has 37 heavy (non-hydrogen) atoms. The Balaban J connectivity index is 1.28. The van der Waals surface area contributed by atoms with Crippen LogP contribution in [0.5, 0.6) is 17.2 Å². The third-order valence-electron chi connectivity index (χ3n) is 6.66. The number of nitrogens with zero attached hydrogens (tertiary/aromatic N) is 2. The molecule has 186 valence electrons. The number of benzene rings is 4. The highest BCUT2D eigenvalue weighted by atomic mass is 35.5. The minimum Gasteiger partial charge on any atom is -0.494 e. The largest absolute Gasteiger partial charge is 0.494 e. The van der Waals surface area contributed by atoms with Gasteiger partial charge in [-0.05, 0) is 84.8 Å². The molecule has 0 saturated carbocycles. The van der Waals surface area contributed by atoms with Crippen LogP contribution in [0.3, 0.4) is 0 Å². The van der Waals surface area contributed by atoms with Gasteiger partial charge < -0.3 is 14.2 Å². The minimum absolute atomic E-state index is 0.0306. The van der Waals surface area contributed by atoms with Crippen molar-refractivity contribution in [1.82, 2.24) is 5.01 Å². The topological polar surface area (TPSA) is 43.3 Å². The molecule has 0 radical (unpaired) electrons. The quantitative estimate of drug-likeness (QED) is 0.257. The third-order valence-corrected chi connectivity index (χ3v) is 6.90. The predicted octanol–water partition coefficient (Wildman–Crippen LogP) is 7.56. The summed E-state index contributed by atoms with van der Waals surface area (Å²) in [5, 5.41) is 7.80. The maximum Gasteiger partial charge on any atom is 0.213 e. The van der Waals surface area contributed by atoms with Gasteiger partial charge in [-0.15, -0.1) is 0 Å². The summed E-state index contributed by atoms with van der Waals surface area (Å²) >= 11 is 6.37. The van der Waals surface area contributed by atoms with E-state index in [1.165, 1.54) is 0 Å². The third kappa shape index (κ3) is 4.87. The summed E-state index contributed by atoms with van der Waals surface area (Å²) in [5.41, 5.74) is 5.28. The Hall–Kier alpha value is -3.96. The number of hydrogen-bond donors (Lipinski definition) is 0. The van der Waals surface area contributed by atoms with Crippen LogP contribution in [0.25, 0.3) is 0 Å². The summed E-state index contributed by atoms with van der Waals surface area (Å²) in [7, 11) is 0. The fourth-order valence-electron chi connectivity index (χ4n) is 4.83. The van der Waals surface area contributed by atoms with Crippen LogP contribution in [0.1, 0.15) is 47.9 Å². The lowest BCUT2D eigenvalue weighted by Gasteiger charge is -2.38. The molecule has 6 rings (SSSR count). The molecule has 0 fully saturated rings. The molecule has 2 aliphatic rings. The van der Waals surface area contributed by atoms with Crippen LogP contribution in [0.4, 0.5) is 0 Å². The van der Waals surface area contributed by atoms with Crippen molar-refractivity contribution in [3.05, 3.63) is 124 Å². The Morgan fingerprint density at radius 1 is 0.892 bits per heavy atom. The molecule has 0 aromatic heterocycles. The second kappa shape index (κ2) is 10.2. The maximum atomic E-state index is 6.49. The molecule has 0 spiro atoms. The van der Waals surface area contributed by atoms with Crippen molar-refractivity contribution in [1.29, 1.82) is 0 Å². The van der Waals surface area contributed by atoms with Gasteiger partial charge >= 0.3 is 0 Å². The number of fused-ring (bicyclic) bond motifs is 3. The summed E-state index contributed by atoms with van der Waals surface area (Å²) in [5.74, 6) is 2.51. The molecular formula is C31H27ClN2O3. The molecule has 4 aromatic carbocycles. The first-order valence-corrected chi connectivity index (χ1v) is 12.9. The van der Waals surface area contributed by atoms with Crippen molar-refractivity contribution in [3.63, 3.8) is 0 Å². The number of hydrazone groups is 1. The number of halogens is 1. The maximum absolute atomic E-state index is 6.49. The summed E-state index contributed by atoms with van der Waals surface area (Å²) < 4.78 is 18.1. The number of ether oxygens (including phenoxy) is 3. The molecule has 2 heterocycles. The highest BCUT2D eigenvalue weighted by molar-refractivity contribution is 6.30. The predicted molar refractivity (Wildman–Crippen MR) is 145 cm³/mol. The second-order valence-corrected chi connectivity index (χ2v) is 9.54. The fourth-order valence-corrected chi connectivity index (χ4v) is 5.01. The van der Waals surface area contributed by atoms with Gasteiger partial charge in [-0.3, -0.25) is 0 Å². The lowest BCUT2D eigenvalue weighted by molar-refractivity contribution is -0.0190. The highest BCUT2D eigenvalue weighted by Crippen LogP contribution is 2.48. The molecule has 4 aromatic rings. The number of hydrogen-bond acceptors (Lipinski definition) is 5. The lowest BCUT2D eigenvalue weighted by atomic mass is 9.96. The van der Waals surface area contributed by atoms with E-state index in [9.17, 15) is 0 Å². The van der Waals surface area contributed by atoms with Crippen LogP contribution in [-0.4, -0.2) is 17.3 Å². The first-order chi connectivity index (χ1) is 18.2. The zero-order chi connectivity index (χ0) is 25.2. The highest BCUT2D eigenvalue weighted by Gasteiger charge is 2.41. The van der Waals surface area contributed by atoms with Gasteiger partial charge in [-0.2, -0.15) is 5.10 Å². The SMILES string of the molecule is CCOc1ccc(C2=NN3C(C2)c2cc(Cl)ccc2OC3c2ccc(OCc3ccccc3)cc2)cc1. The fraction of sp³-hybridized carbons (Fsp3) is 0.194. The zero-order valence-electron chi connectivity index (χ0n) is 20.5. The molecule has 5 nitrogen and oxygen atoms in total. The van der Waals surface area contributed by atoms with Crippen LogP contribution in [0.15, 0.2) is 102 Å². The average molecular weight is 511 g/mol. The lowest BCUT2D eigenvalue weighted by Crippen LogP contribution is -2.33. The summed E-state index contributed by atoms with van der Waals surface area (Å²) in [6, 6.07) is 32.2. The smallest absolute Gasteiger partial charge is 0.213 e. The Labute approximate surface area is 221 Å². The van der Waals surface area contributed by atoms with E-state index >= 15 is 0 Å². The molecule has 0 N–H and O–H groups in total. The molecule has 0 aliphatic carbocycles. The monoisotopic (exact) mass is 510 g/mol. The summed E-state index contributed by atoms with van der Waals surface area (Å²) in [6.45, 7) is 3.15. The molecule has 0 saturated heterocycles. The molecule has 2 aliphatic heterocycles. The molecule has 0 bridgehead atoms. The molecule has 2 atom stereocenters. The van der Waals surface area contributed by atoms with Crippen molar-refractivity contribution < 1.29 is 14.2 Å². The van der Waals surface area contributed by atoms with E-state index in [1.807, 2.05) is 79.7 Å². The van der Waals surface area contributed by atoms with Crippen LogP contribution in [0.2, 0.25) is 5.02 Å². The van der Waals surface area contributed by atoms with E-state index in [0.717, 1.165) is 51.6 Å². The van der Waals surface area contributed by atoms with Gasteiger partial charge in [0.15, 0.2) is 0 Å². The van der Waals surface area contributed by atoms with E-state index in [1.54, 1.807) is 0 Å². The first-order valence-electron chi connectivity index (χ1n) is 12.5. The minimum atomic E-state index is -0.359. The Kier molecular flexibility index (Phi) is 6.46. The van der Waals surface area contributed by atoms with Crippen molar-refractivity contribution in [2.45, 2.75) is 32.2 Å². The first kappa shape index (κ1) is 23.4. The molecular weight excluding hydrogens is 484 g/mol.